The summed E-state index contributed by atoms with van der Waals surface area (Å²) in [7, 11) is 0. The number of hydrogen-bond donors (Lipinski definition) is 0. The van der Waals surface area contributed by atoms with Crippen LogP contribution in [0.1, 0.15) is 43.4 Å². The number of halogens is 1. The normalized spacial score (nSPS) is 21.3. The molecule has 2 atom stereocenters. The van der Waals surface area contributed by atoms with Crippen LogP contribution >= 0.6 is 11.6 Å². The summed E-state index contributed by atoms with van der Waals surface area (Å²) in [5, 5.41) is 6.94. The van der Waals surface area contributed by atoms with Crippen LogP contribution in [0, 0.1) is 5.92 Å². The van der Waals surface area contributed by atoms with Crippen molar-refractivity contribution in [1.82, 2.24) is 9.91 Å². The Morgan fingerprint density at radius 2 is 1.88 bits per heavy atom. The van der Waals surface area contributed by atoms with Gasteiger partial charge in [-0.2, -0.15) is 5.10 Å². The van der Waals surface area contributed by atoms with Crippen LogP contribution in [0.2, 0.25) is 5.02 Å². The third-order valence-corrected chi connectivity index (χ3v) is 6.37. The van der Waals surface area contributed by atoms with E-state index in [0.29, 0.717) is 24.6 Å². The summed E-state index contributed by atoms with van der Waals surface area (Å²) in [6.45, 7) is 3.71. The Balaban J connectivity index is 1.54. The van der Waals surface area contributed by atoms with Crippen molar-refractivity contribution >= 4 is 29.2 Å². The van der Waals surface area contributed by atoms with Gasteiger partial charge in [-0.05, 0) is 43.5 Å². The van der Waals surface area contributed by atoms with E-state index >= 15 is 0 Å². The summed E-state index contributed by atoms with van der Waals surface area (Å²) in [6.07, 6.45) is 2.26. The van der Waals surface area contributed by atoms with Crippen molar-refractivity contribution in [2.24, 2.45) is 11.0 Å². The van der Waals surface area contributed by atoms with E-state index in [2.05, 4.69) is 0 Å². The van der Waals surface area contributed by atoms with Gasteiger partial charge in [-0.3, -0.25) is 14.5 Å². The summed E-state index contributed by atoms with van der Waals surface area (Å²) >= 11 is 6.49. The zero-order valence-corrected chi connectivity index (χ0v) is 19.0. The number of carbonyl (C=O) groups excluding carboxylic acids is 2. The number of piperidine rings is 1. The maximum Gasteiger partial charge on any atom is 0.310 e. The summed E-state index contributed by atoms with van der Waals surface area (Å²) < 4.78 is 5.19. The van der Waals surface area contributed by atoms with Gasteiger partial charge in [-0.25, -0.2) is 5.01 Å². The maximum absolute atomic E-state index is 13.4. The van der Waals surface area contributed by atoms with E-state index in [4.69, 9.17) is 21.4 Å². The van der Waals surface area contributed by atoms with Gasteiger partial charge in [0, 0.05) is 18.0 Å². The SMILES string of the molecule is CCOC(=O)[C@@H]1CCCN(CC(=O)N2N=C(c3ccccc3)C[C@@H]2c2ccccc2Cl)C1. The number of esters is 1. The number of carbonyl (C=O) groups is 2. The molecule has 0 aliphatic carbocycles. The second kappa shape index (κ2) is 10.3. The first kappa shape index (κ1) is 22.5. The summed E-state index contributed by atoms with van der Waals surface area (Å²) in [5.74, 6) is -0.452. The Morgan fingerprint density at radius 3 is 2.62 bits per heavy atom. The Hall–Kier alpha value is -2.70. The molecule has 0 bridgehead atoms. The van der Waals surface area contributed by atoms with Crippen molar-refractivity contribution in [2.75, 3.05) is 26.2 Å². The molecule has 0 spiro atoms. The van der Waals surface area contributed by atoms with E-state index in [-0.39, 0.29) is 30.4 Å². The van der Waals surface area contributed by atoms with Gasteiger partial charge in [0.2, 0.25) is 0 Å². The molecule has 2 heterocycles. The topological polar surface area (TPSA) is 62.2 Å². The number of rotatable bonds is 6. The standard InChI is InChI=1S/C25H28ClN3O3/c1-2-32-25(31)19-11-8-14-28(16-19)17-24(30)29-23(20-12-6-7-13-21(20)26)15-22(27-29)18-9-4-3-5-10-18/h3-7,9-10,12-13,19,23H,2,8,11,14-17H2,1H3/t19-,23-/m1/s1. The molecule has 2 aromatic rings. The van der Waals surface area contributed by atoms with Crippen LogP contribution in [0.25, 0.3) is 0 Å². The molecule has 1 fully saturated rings. The maximum atomic E-state index is 13.4. The Morgan fingerprint density at radius 1 is 1.12 bits per heavy atom. The lowest BCUT2D eigenvalue weighted by Gasteiger charge is -2.32. The molecule has 2 aromatic carbocycles. The molecule has 1 saturated heterocycles. The van der Waals surface area contributed by atoms with Crippen LogP contribution in [-0.2, 0) is 14.3 Å². The predicted molar refractivity (Wildman–Crippen MR) is 124 cm³/mol. The molecular formula is C25H28ClN3O3. The van der Waals surface area contributed by atoms with Crippen LogP contribution < -0.4 is 0 Å². The zero-order chi connectivity index (χ0) is 22.5. The molecule has 2 aliphatic rings. The molecule has 2 aliphatic heterocycles. The van der Waals surface area contributed by atoms with Crippen LogP contribution in [0.15, 0.2) is 59.7 Å². The smallest absolute Gasteiger partial charge is 0.310 e. The highest BCUT2D eigenvalue weighted by molar-refractivity contribution is 6.31. The van der Waals surface area contributed by atoms with Gasteiger partial charge in [0.25, 0.3) is 5.91 Å². The van der Waals surface area contributed by atoms with Crippen LogP contribution in [0.5, 0.6) is 0 Å². The summed E-state index contributed by atoms with van der Waals surface area (Å²) in [4.78, 5) is 27.6. The Bertz CT molecular complexity index is 995. The number of ether oxygens (including phenoxy) is 1. The number of nitrogens with zero attached hydrogens (tertiary/aromatic N) is 3. The van der Waals surface area contributed by atoms with Gasteiger partial charge in [0.15, 0.2) is 0 Å². The molecule has 6 nitrogen and oxygen atoms in total. The van der Waals surface area contributed by atoms with Gasteiger partial charge >= 0.3 is 5.97 Å². The largest absolute Gasteiger partial charge is 0.466 e. The lowest BCUT2D eigenvalue weighted by Crippen LogP contribution is -2.44. The molecule has 0 radical (unpaired) electrons. The highest BCUT2D eigenvalue weighted by atomic mass is 35.5. The van der Waals surface area contributed by atoms with Gasteiger partial charge in [-0.15, -0.1) is 0 Å². The van der Waals surface area contributed by atoms with Crippen molar-refractivity contribution in [3.8, 4) is 0 Å². The Labute approximate surface area is 193 Å². The number of benzene rings is 2. The van der Waals surface area contributed by atoms with E-state index in [1.54, 1.807) is 5.01 Å². The summed E-state index contributed by atoms with van der Waals surface area (Å²) in [5.41, 5.74) is 2.76. The lowest BCUT2D eigenvalue weighted by molar-refractivity contribution is -0.150. The first-order chi connectivity index (χ1) is 15.6. The third kappa shape index (κ3) is 5.03. The molecule has 0 N–H and O–H groups in total. The van der Waals surface area contributed by atoms with Crippen molar-refractivity contribution in [2.45, 2.75) is 32.2 Å². The van der Waals surface area contributed by atoms with E-state index in [0.717, 1.165) is 36.2 Å². The van der Waals surface area contributed by atoms with Crippen molar-refractivity contribution < 1.29 is 14.3 Å². The van der Waals surface area contributed by atoms with Crippen LogP contribution in [0.3, 0.4) is 0 Å². The zero-order valence-electron chi connectivity index (χ0n) is 18.2. The van der Waals surface area contributed by atoms with Gasteiger partial charge in [0.1, 0.15) is 0 Å². The first-order valence-corrected chi connectivity index (χ1v) is 11.5. The monoisotopic (exact) mass is 453 g/mol. The number of hydrogen-bond acceptors (Lipinski definition) is 5. The van der Waals surface area contributed by atoms with Gasteiger partial charge < -0.3 is 4.74 Å². The molecule has 1 amide bonds. The minimum Gasteiger partial charge on any atom is -0.466 e. The summed E-state index contributed by atoms with van der Waals surface area (Å²) in [6, 6.07) is 17.3. The predicted octanol–water partition coefficient (Wildman–Crippen LogP) is 4.29. The van der Waals surface area contributed by atoms with Crippen LogP contribution in [0.4, 0.5) is 0 Å². The number of likely N-dealkylation sites (tertiary alicyclic amines) is 1. The average Bonchev–Trinajstić information content (AvgIpc) is 3.26. The first-order valence-electron chi connectivity index (χ1n) is 11.1. The molecule has 168 valence electrons. The third-order valence-electron chi connectivity index (χ3n) is 6.02. The minimum absolute atomic E-state index is 0.0923. The van der Waals surface area contributed by atoms with Gasteiger partial charge in [-0.1, -0.05) is 60.1 Å². The fourth-order valence-corrected chi connectivity index (χ4v) is 4.71. The number of hydrazone groups is 1. The highest BCUT2D eigenvalue weighted by Gasteiger charge is 2.36. The molecule has 7 heteroatoms. The molecule has 0 aromatic heterocycles. The Kier molecular flexibility index (Phi) is 7.22. The molecular weight excluding hydrogens is 426 g/mol. The number of amides is 1. The minimum atomic E-state index is -0.253. The van der Waals surface area contributed by atoms with Gasteiger partial charge in [0.05, 0.1) is 30.8 Å². The molecule has 32 heavy (non-hydrogen) atoms. The lowest BCUT2D eigenvalue weighted by atomic mass is 9.97. The van der Waals surface area contributed by atoms with Crippen molar-refractivity contribution in [3.63, 3.8) is 0 Å². The quantitative estimate of drug-likeness (QED) is 0.612. The van der Waals surface area contributed by atoms with E-state index in [9.17, 15) is 9.59 Å². The van der Waals surface area contributed by atoms with E-state index in [1.165, 1.54) is 0 Å². The van der Waals surface area contributed by atoms with Crippen molar-refractivity contribution in [3.05, 3.63) is 70.7 Å². The van der Waals surface area contributed by atoms with E-state index in [1.807, 2.05) is 66.4 Å². The second-order valence-corrected chi connectivity index (χ2v) is 8.63. The fraction of sp³-hybridized carbons (Fsp3) is 0.400. The molecule has 0 unspecified atom stereocenters. The fourth-order valence-electron chi connectivity index (χ4n) is 4.45. The second-order valence-electron chi connectivity index (χ2n) is 8.22. The molecule has 4 rings (SSSR count). The van der Waals surface area contributed by atoms with Crippen molar-refractivity contribution in [1.29, 1.82) is 0 Å². The average molecular weight is 454 g/mol. The highest BCUT2D eigenvalue weighted by Crippen LogP contribution is 2.36. The van der Waals surface area contributed by atoms with E-state index < -0.39 is 0 Å². The molecule has 0 saturated carbocycles. The van der Waals surface area contributed by atoms with Crippen LogP contribution in [-0.4, -0.2) is 53.7 Å².